The van der Waals surface area contributed by atoms with E-state index in [2.05, 4.69) is 5.32 Å². The minimum atomic E-state index is 0.0253. The van der Waals surface area contributed by atoms with E-state index in [1.807, 2.05) is 31.3 Å². The highest BCUT2D eigenvalue weighted by molar-refractivity contribution is 6.30. The van der Waals surface area contributed by atoms with Gasteiger partial charge in [-0.2, -0.15) is 0 Å². The third-order valence-corrected chi connectivity index (χ3v) is 3.08. The van der Waals surface area contributed by atoms with Gasteiger partial charge in [-0.25, -0.2) is 0 Å². The smallest absolute Gasteiger partial charge is 0.239 e. The maximum absolute atomic E-state index is 11.8. The molecule has 1 N–H and O–H groups in total. The molecule has 4 heteroatoms. The van der Waals surface area contributed by atoms with Gasteiger partial charge in [0.2, 0.25) is 5.91 Å². The molecule has 0 aliphatic carbocycles. The van der Waals surface area contributed by atoms with E-state index in [-0.39, 0.29) is 11.9 Å². The average Bonchev–Trinajstić information content (AvgIpc) is 2.19. The monoisotopic (exact) mass is 238 g/mol. The van der Waals surface area contributed by atoms with Gasteiger partial charge >= 0.3 is 0 Å². The van der Waals surface area contributed by atoms with Crippen molar-refractivity contribution in [1.29, 1.82) is 0 Å². The first-order valence-electron chi connectivity index (χ1n) is 5.39. The molecule has 86 valence electrons. The van der Waals surface area contributed by atoms with Gasteiger partial charge in [0.15, 0.2) is 0 Å². The van der Waals surface area contributed by atoms with E-state index in [1.54, 1.807) is 4.90 Å². The lowest BCUT2D eigenvalue weighted by molar-refractivity contribution is -0.134. The highest BCUT2D eigenvalue weighted by Gasteiger charge is 2.26. The molecule has 1 fully saturated rings. The molecule has 1 heterocycles. The van der Waals surface area contributed by atoms with Gasteiger partial charge < -0.3 is 10.2 Å². The third kappa shape index (κ3) is 2.54. The summed E-state index contributed by atoms with van der Waals surface area (Å²) in [5.41, 5.74) is 1.10. The molecule has 1 atom stereocenters. The van der Waals surface area contributed by atoms with Crippen LogP contribution in [0.25, 0.3) is 0 Å². The Hall–Kier alpha value is -1.06. The van der Waals surface area contributed by atoms with Gasteiger partial charge in [-0.1, -0.05) is 23.7 Å². The van der Waals surface area contributed by atoms with E-state index in [0.717, 1.165) is 23.6 Å². The zero-order valence-corrected chi connectivity index (χ0v) is 10.00. The number of carbonyl (C=O) groups is 1. The molecule has 0 saturated carbocycles. The normalized spacial score (nSPS) is 19.0. The zero-order valence-electron chi connectivity index (χ0n) is 9.24. The molecule has 0 spiro atoms. The van der Waals surface area contributed by atoms with Crippen LogP contribution in [0.2, 0.25) is 5.02 Å². The summed E-state index contributed by atoms with van der Waals surface area (Å²) in [6.07, 6.45) is 0.948. The molecule has 1 aliphatic heterocycles. The van der Waals surface area contributed by atoms with Gasteiger partial charge in [-0.15, -0.1) is 0 Å². The van der Waals surface area contributed by atoms with E-state index in [0.29, 0.717) is 6.54 Å². The zero-order chi connectivity index (χ0) is 11.5. The molecule has 1 saturated heterocycles. The summed E-state index contributed by atoms with van der Waals surface area (Å²) in [4.78, 5) is 13.6. The summed E-state index contributed by atoms with van der Waals surface area (Å²) < 4.78 is 0. The summed E-state index contributed by atoms with van der Waals surface area (Å²) in [6, 6.07) is 7.60. The summed E-state index contributed by atoms with van der Waals surface area (Å²) in [6.45, 7) is 1.58. The number of amides is 1. The summed E-state index contributed by atoms with van der Waals surface area (Å²) in [5, 5.41) is 3.83. The fraction of sp³-hybridized carbons (Fsp3) is 0.417. The van der Waals surface area contributed by atoms with Crippen molar-refractivity contribution >= 4 is 17.5 Å². The van der Waals surface area contributed by atoms with Crippen LogP contribution in [0.3, 0.4) is 0 Å². The fourth-order valence-electron chi connectivity index (χ4n) is 1.71. The molecule has 1 amide bonds. The predicted octanol–water partition coefficient (Wildman–Crippen LogP) is 1.66. The maximum atomic E-state index is 11.8. The largest absolute Gasteiger partial charge is 0.340 e. The van der Waals surface area contributed by atoms with Crippen molar-refractivity contribution in [2.24, 2.45) is 0 Å². The summed E-state index contributed by atoms with van der Waals surface area (Å²) in [7, 11) is 1.83. The van der Waals surface area contributed by atoms with Crippen LogP contribution in [0, 0.1) is 0 Å². The Morgan fingerprint density at radius 2 is 2.12 bits per heavy atom. The summed E-state index contributed by atoms with van der Waals surface area (Å²) >= 11 is 5.80. The van der Waals surface area contributed by atoms with Crippen molar-refractivity contribution < 1.29 is 4.79 Å². The van der Waals surface area contributed by atoms with Crippen LogP contribution < -0.4 is 5.32 Å². The first kappa shape index (κ1) is 11.4. The Balaban J connectivity index is 1.93. The lowest BCUT2D eigenvalue weighted by atomic mass is 10.1. The van der Waals surface area contributed by atoms with Gasteiger partial charge in [0, 0.05) is 18.6 Å². The number of nitrogens with zero attached hydrogens (tertiary/aromatic N) is 1. The van der Waals surface area contributed by atoms with E-state index in [4.69, 9.17) is 11.6 Å². The molecule has 16 heavy (non-hydrogen) atoms. The van der Waals surface area contributed by atoms with Gasteiger partial charge in [-0.05, 0) is 30.7 Å². The highest BCUT2D eigenvalue weighted by Crippen LogP contribution is 2.12. The van der Waals surface area contributed by atoms with Crippen molar-refractivity contribution in [1.82, 2.24) is 10.2 Å². The van der Waals surface area contributed by atoms with Crippen LogP contribution in [0.4, 0.5) is 0 Å². The van der Waals surface area contributed by atoms with Crippen LogP contribution in [0.1, 0.15) is 12.0 Å². The molecule has 1 unspecified atom stereocenters. The number of nitrogens with one attached hydrogen (secondary N) is 1. The molecule has 3 nitrogen and oxygen atoms in total. The lowest BCUT2D eigenvalue weighted by Gasteiger charge is -2.30. The molecule has 0 bridgehead atoms. The summed E-state index contributed by atoms with van der Waals surface area (Å²) in [5.74, 6) is 0.168. The van der Waals surface area contributed by atoms with Crippen molar-refractivity contribution in [3.63, 3.8) is 0 Å². The number of rotatable bonds is 3. The van der Waals surface area contributed by atoms with Crippen LogP contribution in [-0.2, 0) is 11.3 Å². The second-order valence-corrected chi connectivity index (χ2v) is 4.55. The number of likely N-dealkylation sites (N-methyl/N-ethyl adjacent to an activating group) is 1. The minimum Gasteiger partial charge on any atom is -0.340 e. The number of carbonyl (C=O) groups excluding carboxylic acids is 1. The Labute approximate surface area is 100 Å². The molecule has 2 rings (SSSR count). The second-order valence-electron chi connectivity index (χ2n) is 4.12. The molecule has 1 aliphatic rings. The van der Waals surface area contributed by atoms with Crippen molar-refractivity contribution in [3.05, 3.63) is 34.9 Å². The van der Waals surface area contributed by atoms with Crippen LogP contribution in [0.5, 0.6) is 0 Å². The fourth-order valence-corrected chi connectivity index (χ4v) is 1.83. The Kier molecular flexibility index (Phi) is 3.46. The average molecular weight is 239 g/mol. The standard InChI is InChI=1S/C12H15ClN2O/c1-15(12(16)11-6-7-14-11)8-9-2-4-10(13)5-3-9/h2-5,11,14H,6-8H2,1H3. The van der Waals surface area contributed by atoms with Gasteiger partial charge in [0.25, 0.3) is 0 Å². The van der Waals surface area contributed by atoms with Crippen molar-refractivity contribution in [2.45, 2.75) is 19.0 Å². The lowest BCUT2D eigenvalue weighted by Crippen LogP contribution is -2.53. The van der Waals surface area contributed by atoms with Gasteiger partial charge in [-0.3, -0.25) is 4.79 Å². The first-order chi connectivity index (χ1) is 7.66. The topological polar surface area (TPSA) is 32.3 Å². The third-order valence-electron chi connectivity index (χ3n) is 2.83. The van der Waals surface area contributed by atoms with E-state index >= 15 is 0 Å². The first-order valence-corrected chi connectivity index (χ1v) is 5.77. The van der Waals surface area contributed by atoms with Crippen LogP contribution in [0.15, 0.2) is 24.3 Å². The Bertz CT molecular complexity index is 373. The van der Waals surface area contributed by atoms with Crippen LogP contribution in [-0.4, -0.2) is 30.4 Å². The Morgan fingerprint density at radius 1 is 1.50 bits per heavy atom. The minimum absolute atomic E-state index is 0.0253. The second kappa shape index (κ2) is 4.85. The quantitative estimate of drug-likeness (QED) is 0.869. The number of halogens is 1. The SMILES string of the molecule is CN(Cc1ccc(Cl)cc1)C(=O)C1CCN1. The van der Waals surface area contributed by atoms with E-state index < -0.39 is 0 Å². The predicted molar refractivity (Wildman–Crippen MR) is 64.3 cm³/mol. The molecule has 1 aromatic rings. The Morgan fingerprint density at radius 3 is 2.62 bits per heavy atom. The van der Waals surface area contributed by atoms with Crippen LogP contribution >= 0.6 is 11.6 Å². The molecular formula is C12H15ClN2O. The molecule has 0 radical (unpaired) electrons. The van der Waals surface area contributed by atoms with Gasteiger partial charge in [0.05, 0.1) is 6.04 Å². The molecule has 0 aromatic heterocycles. The number of hydrogen-bond donors (Lipinski definition) is 1. The number of hydrogen-bond acceptors (Lipinski definition) is 2. The van der Waals surface area contributed by atoms with Gasteiger partial charge in [0.1, 0.15) is 0 Å². The highest BCUT2D eigenvalue weighted by atomic mass is 35.5. The maximum Gasteiger partial charge on any atom is 0.239 e. The molecular weight excluding hydrogens is 224 g/mol. The van der Waals surface area contributed by atoms with Crippen molar-refractivity contribution in [3.8, 4) is 0 Å². The van der Waals surface area contributed by atoms with Crippen molar-refractivity contribution in [2.75, 3.05) is 13.6 Å². The number of benzene rings is 1. The molecule has 1 aromatic carbocycles. The van der Waals surface area contributed by atoms with E-state index in [1.165, 1.54) is 0 Å². The van der Waals surface area contributed by atoms with E-state index in [9.17, 15) is 4.79 Å².